The van der Waals surface area contributed by atoms with Crippen LogP contribution in [0.4, 0.5) is 5.82 Å². The number of hydrogen-bond acceptors (Lipinski definition) is 5. The molecule has 106 valence electrons. The second-order valence-corrected chi connectivity index (χ2v) is 7.46. The molecule has 1 aliphatic heterocycles. The van der Waals surface area contributed by atoms with Gasteiger partial charge in [-0.2, -0.15) is 0 Å². The van der Waals surface area contributed by atoms with E-state index in [2.05, 4.69) is 15.3 Å². The summed E-state index contributed by atoms with van der Waals surface area (Å²) >= 11 is 5.95. The van der Waals surface area contributed by atoms with Crippen LogP contribution in [0.1, 0.15) is 32.0 Å². The smallest absolute Gasteiger partial charge is 0.152 e. The summed E-state index contributed by atoms with van der Waals surface area (Å²) in [6.45, 7) is 2.05. The van der Waals surface area contributed by atoms with Crippen LogP contribution in [0.2, 0.25) is 5.15 Å². The quantitative estimate of drug-likeness (QED) is 0.862. The fourth-order valence-electron chi connectivity index (χ4n) is 2.22. The summed E-state index contributed by atoms with van der Waals surface area (Å²) in [5, 5.41) is 3.55. The van der Waals surface area contributed by atoms with Crippen molar-refractivity contribution in [2.75, 3.05) is 16.8 Å². The summed E-state index contributed by atoms with van der Waals surface area (Å²) in [7, 11) is -2.92. The van der Waals surface area contributed by atoms with Gasteiger partial charge in [-0.1, -0.05) is 18.5 Å². The molecule has 0 aliphatic carbocycles. The third-order valence-corrected chi connectivity index (χ3v) is 5.04. The van der Waals surface area contributed by atoms with Gasteiger partial charge in [-0.3, -0.25) is 0 Å². The molecule has 0 radical (unpaired) electrons. The number of nitrogens with one attached hydrogen (secondary N) is 1. The number of aryl methyl sites for hydroxylation is 1. The minimum absolute atomic E-state index is 0.0841. The van der Waals surface area contributed by atoms with Crippen molar-refractivity contribution in [2.45, 2.75) is 38.6 Å². The standard InChI is InChI=1S/C12H18ClN3O2S/c1-2-4-11-15-10(13)7-12(16-11)14-9-5-3-6-19(17,18)8-9/h7,9H,2-6,8H2,1H3,(H,14,15,16). The number of nitrogens with zero attached hydrogens (tertiary/aromatic N) is 2. The zero-order chi connectivity index (χ0) is 13.9. The van der Waals surface area contributed by atoms with Gasteiger partial charge in [0.05, 0.1) is 11.5 Å². The maximum Gasteiger partial charge on any atom is 0.152 e. The third-order valence-electron chi connectivity index (χ3n) is 3.03. The van der Waals surface area contributed by atoms with Crippen molar-refractivity contribution in [1.82, 2.24) is 9.97 Å². The Morgan fingerprint density at radius 3 is 2.95 bits per heavy atom. The summed E-state index contributed by atoms with van der Waals surface area (Å²) in [5.74, 6) is 1.76. The van der Waals surface area contributed by atoms with Crippen LogP contribution >= 0.6 is 11.6 Å². The van der Waals surface area contributed by atoms with E-state index in [1.165, 1.54) is 0 Å². The molecule has 1 unspecified atom stereocenters. The van der Waals surface area contributed by atoms with Crippen molar-refractivity contribution in [3.05, 3.63) is 17.0 Å². The molecular weight excluding hydrogens is 286 g/mol. The van der Waals surface area contributed by atoms with Gasteiger partial charge in [0.2, 0.25) is 0 Å². The van der Waals surface area contributed by atoms with Crippen molar-refractivity contribution in [1.29, 1.82) is 0 Å². The van der Waals surface area contributed by atoms with Crippen LogP contribution < -0.4 is 5.32 Å². The molecule has 0 aromatic carbocycles. The Bertz CT molecular complexity index is 548. The molecule has 0 spiro atoms. The minimum atomic E-state index is -2.92. The number of rotatable bonds is 4. The van der Waals surface area contributed by atoms with E-state index in [9.17, 15) is 8.42 Å². The number of aromatic nitrogens is 2. The fraction of sp³-hybridized carbons (Fsp3) is 0.667. The summed E-state index contributed by atoms with van der Waals surface area (Å²) in [4.78, 5) is 8.51. The molecule has 2 heterocycles. The fourth-order valence-corrected chi connectivity index (χ4v) is 4.06. The van der Waals surface area contributed by atoms with Crippen LogP contribution in [0, 0.1) is 0 Å². The number of halogens is 1. The molecule has 1 aromatic rings. The van der Waals surface area contributed by atoms with Gasteiger partial charge >= 0.3 is 0 Å². The van der Waals surface area contributed by atoms with Crippen LogP contribution in [0.15, 0.2) is 6.07 Å². The topological polar surface area (TPSA) is 72.0 Å². The molecule has 0 bridgehead atoms. The van der Waals surface area contributed by atoms with E-state index in [1.807, 2.05) is 6.92 Å². The summed E-state index contributed by atoms with van der Waals surface area (Å²) < 4.78 is 23.2. The average molecular weight is 304 g/mol. The predicted molar refractivity (Wildman–Crippen MR) is 76.3 cm³/mol. The number of sulfone groups is 1. The molecule has 19 heavy (non-hydrogen) atoms. The van der Waals surface area contributed by atoms with Gasteiger partial charge in [0.15, 0.2) is 9.84 Å². The van der Waals surface area contributed by atoms with Crippen molar-refractivity contribution in [3.63, 3.8) is 0 Å². The number of anilines is 1. The summed E-state index contributed by atoms with van der Waals surface area (Å²) in [6, 6.07) is 1.56. The maximum absolute atomic E-state index is 11.6. The highest BCUT2D eigenvalue weighted by molar-refractivity contribution is 7.91. The first kappa shape index (κ1) is 14.5. The van der Waals surface area contributed by atoms with Gasteiger partial charge in [-0.15, -0.1) is 0 Å². The van der Waals surface area contributed by atoms with E-state index in [-0.39, 0.29) is 17.5 Å². The molecule has 2 rings (SSSR count). The summed E-state index contributed by atoms with van der Waals surface area (Å²) in [5.41, 5.74) is 0. The maximum atomic E-state index is 11.6. The van der Waals surface area contributed by atoms with Gasteiger partial charge in [-0.25, -0.2) is 18.4 Å². The van der Waals surface area contributed by atoms with Crippen LogP contribution in [0.25, 0.3) is 0 Å². The largest absolute Gasteiger partial charge is 0.366 e. The Morgan fingerprint density at radius 2 is 2.26 bits per heavy atom. The van der Waals surface area contributed by atoms with E-state index >= 15 is 0 Å². The molecule has 1 aliphatic rings. The molecule has 0 amide bonds. The van der Waals surface area contributed by atoms with Crippen molar-refractivity contribution in [3.8, 4) is 0 Å². The van der Waals surface area contributed by atoms with E-state index in [1.54, 1.807) is 6.07 Å². The van der Waals surface area contributed by atoms with Crippen molar-refractivity contribution < 1.29 is 8.42 Å². The molecule has 7 heteroatoms. The van der Waals surface area contributed by atoms with Crippen LogP contribution in [0.3, 0.4) is 0 Å². The first-order valence-corrected chi connectivity index (χ1v) is 8.69. The SMILES string of the molecule is CCCc1nc(Cl)cc(NC2CCCS(=O)(=O)C2)n1. The van der Waals surface area contributed by atoms with E-state index in [0.717, 1.165) is 19.3 Å². The van der Waals surface area contributed by atoms with Crippen LogP contribution in [0.5, 0.6) is 0 Å². The lowest BCUT2D eigenvalue weighted by Gasteiger charge is -2.23. The molecule has 5 nitrogen and oxygen atoms in total. The molecule has 1 atom stereocenters. The second kappa shape index (κ2) is 6.05. The summed E-state index contributed by atoms with van der Waals surface area (Å²) in [6.07, 6.45) is 3.24. The van der Waals surface area contributed by atoms with Crippen molar-refractivity contribution in [2.24, 2.45) is 0 Å². The van der Waals surface area contributed by atoms with Crippen LogP contribution in [-0.4, -0.2) is 35.9 Å². The molecule has 0 saturated carbocycles. The van der Waals surface area contributed by atoms with Gasteiger partial charge < -0.3 is 5.32 Å². The van der Waals surface area contributed by atoms with Gasteiger partial charge in [0.1, 0.15) is 16.8 Å². The lowest BCUT2D eigenvalue weighted by Crippen LogP contribution is -2.35. The first-order chi connectivity index (χ1) is 8.98. The molecule has 1 N–H and O–H groups in total. The lowest BCUT2D eigenvalue weighted by atomic mass is 10.2. The van der Waals surface area contributed by atoms with Crippen LogP contribution in [-0.2, 0) is 16.3 Å². The van der Waals surface area contributed by atoms with Gasteiger partial charge in [0, 0.05) is 18.5 Å². The Labute approximate surface area is 118 Å². The third kappa shape index (κ3) is 4.31. The van der Waals surface area contributed by atoms with E-state index < -0.39 is 9.84 Å². The average Bonchev–Trinajstić information content (AvgIpc) is 2.26. The highest BCUT2D eigenvalue weighted by Gasteiger charge is 2.24. The molecule has 1 fully saturated rings. The Morgan fingerprint density at radius 1 is 1.47 bits per heavy atom. The Hall–Kier alpha value is -0.880. The van der Waals surface area contributed by atoms with Crippen molar-refractivity contribution >= 4 is 27.3 Å². The zero-order valence-electron chi connectivity index (χ0n) is 10.9. The minimum Gasteiger partial charge on any atom is -0.366 e. The normalized spacial score (nSPS) is 22.1. The monoisotopic (exact) mass is 303 g/mol. The lowest BCUT2D eigenvalue weighted by molar-refractivity contribution is 0.561. The second-order valence-electron chi connectivity index (χ2n) is 4.84. The number of hydrogen-bond donors (Lipinski definition) is 1. The highest BCUT2D eigenvalue weighted by Crippen LogP contribution is 2.18. The van der Waals surface area contributed by atoms with Gasteiger partial charge in [-0.05, 0) is 19.3 Å². The predicted octanol–water partition coefficient (Wildman–Crippen LogP) is 2.07. The molecule has 1 aromatic heterocycles. The Kier molecular flexibility index (Phi) is 4.62. The zero-order valence-corrected chi connectivity index (χ0v) is 12.5. The van der Waals surface area contributed by atoms with Gasteiger partial charge in [0.25, 0.3) is 0 Å². The van der Waals surface area contributed by atoms with E-state index in [4.69, 9.17) is 11.6 Å². The van der Waals surface area contributed by atoms with E-state index in [0.29, 0.717) is 23.2 Å². The molecular formula is C12H18ClN3O2S. The first-order valence-electron chi connectivity index (χ1n) is 6.49. The Balaban J connectivity index is 2.10. The highest BCUT2D eigenvalue weighted by atomic mass is 35.5. The molecule has 1 saturated heterocycles.